The van der Waals surface area contributed by atoms with Gasteiger partial charge in [0.25, 0.3) is 0 Å². The van der Waals surface area contributed by atoms with E-state index in [1.165, 1.54) is 11.3 Å². The zero-order chi connectivity index (χ0) is 14.4. The Labute approximate surface area is 116 Å². The minimum absolute atomic E-state index is 0.185. The fourth-order valence-electron chi connectivity index (χ4n) is 2.33. The van der Waals surface area contributed by atoms with E-state index in [9.17, 15) is 0 Å². The van der Waals surface area contributed by atoms with Crippen molar-refractivity contribution in [2.24, 2.45) is 7.05 Å². The Morgan fingerprint density at radius 3 is 2.21 bits per heavy atom. The number of nitrogens with one attached hydrogen (secondary N) is 1. The molecule has 0 spiro atoms. The van der Waals surface area contributed by atoms with Gasteiger partial charge in [-0.15, -0.1) is 0 Å². The molecule has 1 atom stereocenters. The van der Waals surface area contributed by atoms with Crippen molar-refractivity contribution in [3.63, 3.8) is 0 Å². The third-order valence-electron chi connectivity index (χ3n) is 3.29. The molecule has 110 valence electrons. The molecule has 0 saturated carbocycles. The molecule has 1 N–H and O–H groups in total. The van der Waals surface area contributed by atoms with Crippen LogP contribution in [0.4, 0.5) is 0 Å². The maximum atomic E-state index is 5.53. The highest BCUT2D eigenvalue weighted by Crippen LogP contribution is 2.20. The molecule has 1 heterocycles. The molecule has 0 fully saturated rings. The molecule has 0 saturated heterocycles. The van der Waals surface area contributed by atoms with Gasteiger partial charge in [0.15, 0.2) is 6.29 Å². The summed E-state index contributed by atoms with van der Waals surface area (Å²) in [6.45, 7) is 12.2. The molecule has 0 amide bonds. The second-order valence-electron chi connectivity index (χ2n) is 4.68. The topological polar surface area (TPSA) is 48.3 Å². The van der Waals surface area contributed by atoms with Gasteiger partial charge in [-0.1, -0.05) is 0 Å². The van der Waals surface area contributed by atoms with E-state index in [1.807, 2.05) is 32.5 Å². The van der Waals surface area contributed by atoms with Gasteiger partial charge in [0.1, 0.15) is 0 Å². The van der Waals surface area contributed by atoms with Crippen molar-refractivity contribution in [2.75, 3.05) is 19.8 Å². The Balaban J connectivity index is 2.61. The Morgan fingerprint density at radius 2 is 1.79 bits per heavy atom. The first-order chi connectivity index (χ1) is 9.01. The summed E-state index contributed by atoms with van der Waals surface area (Å²) >= 11 is 0. The molecule has 0 aliphatic heterocycles. The molecule has 1 aromatic rings. The van der Waals surface area contributed by atoms with E-state index < -0.39 is 0 Å². The fraction of sp³-hybridized carbons (Fsp3) is 0.786. The third kappa shape index (κ3) is 4.30. The van der Waals surface area contributed by atoms with Crippen molar-refractivity contribution < 1.29 is 9.47 Å². The summed E-state index contributed by atoms with van der Waals surface area (Å²) in [4.78, 5) is 0. The predicted molar refractivity (Wildman–Crippen MR) is 76.1 cm³/mol. The lowest BCUT2D eigenvalue weighted by Crippen LogP contribution is -2.33. The van der Waals surface area contributed by atoms with Crippen LogP contribution < -0.4 is 5.32 Å². The van der Waals surface area contributed by atoms with Gasteiger partial charge in [-0.25, -0.2) is 0 Å². The van der Waals surface area contributed by atoms with Gasteiger partial charge in [-0.3, -0.25) is 4.68 Å². The molecule has 1 rings (SSSR count). The first-order valence-corrected chi connectivity index (χ1v) is 6.97. The summed E-state index contributed by atoms with van der Waals surface area (Å²) in [5, 5.41) is 7.91. The van der Waals surface area contributed by atoms with Crippen LogP contribution in [-0.4, -0.2) is 35.8 Å². The van der Waals surface area contributed by atoms with Gasteiger partial charge in [0, 0.05) is 44.1 Å². The summed E-state index contributed by atoms with van der Waals surface area (Å²) in [6.07, 6.45) is -0.185. The summed E-state index contributed by atoms with van der Waals surface area (Å²) in [7, 11) is 1.97. The van der Waals surface area contributed by atoms with Crippen LogP contribution in [-0.2, 0) is 16.5 Å². The highest BCUT2D eigenvalue weighted by molar-refractivity contribution is 5.27. The maximum absolute atomic E-state index is 5.53. The second-order valence-corrected chi connectivity index (χ2v) is 4.68. The lowest BCUT2D eigenvalue weighted by Gasteiger charge is -2.21. The molecule has 5 nitrogen and oxygen atoms in total. The van der Waals surface area contributed by atoms with Gasteiger partial charge in [0.05, 0.1) is 5.69 Å². The molecule has 1 aromatic heterocycles. The van der Waals surface area contributed by atoms with Crippen molar-refractivity contribution in [3.05, 3.63) is 17.0 Å². The van der Waals surface area contributed by atoms with Crippen LogP contribution in [0.3, 0.4) is 0 Å². The van der Waals surface area contributed by atoms with Crippen LogP contribution in [0.1, 0.15) is 43.8 Å². The number of nitrogens with zero attached hydrogens (tertiary/aromatic N) is 2. The zero-order valence-electron chi connectivity index (χ0n) is 13.0. The summed E-state index contributed by atoms with van der Waals surface area (Å²) in [5.74, 6) is 0. The molecule has 0 aromatic carbocycles. The van der Waals surface area contributed by atoms with Crippen molar-refractivity contribution in [2.45, 2.75) is 47.0 Å². The average molecular weight is 269 g/mol. The average Bonchev–Trinajstić information content (AvgIpc) is 2.61. The van der Waals surface area contributed by atoms with E-state index in [2.05, 4.69) is 24.3 Å². The van der Waals surface area contributed by atoms with Crippen LogP contribution in [0.25, 0.3) is 0 Å². The molecule has 0 bridgehead atoms. The Kier molecular flexibility index (Phi) is 6.48. The van der Waals surface area contributed by atoms with Gasteiger partial charge >= 0.3 is 0 Å². The standard InChI is InChI=1S/C14H27N3O2/c1-7-18-13(19-8-2)9-15-10(3)14-11(4)16-17(6)12(14)5/h10,13,15H,7-9H2,1-6H3. The molecule has 0 aliphatic rings. The number of aryl methyl sites for hydroxylation is 2. The highest BCUT2D eigenvalue weighted by atomic mass is 16.7. The second kappa shape index (κ2) is 7.62. The first kappa shape index (κ1) is 16.1. The van der Waals surface area contributed by atoms with Crippen LogP contribution in [0.2, 0.25) is 0 Å². The minimum atomic E-state index is -0.185. The van der Waals surface area contributed by atoms with Crippen molar-refractivity contribution in [1.82, 2.24) is 15.1 Å². The lowest BCUT2D eigenvalue weighted by atomic mass is 10.1. The molecule has 19 heavy (non-hydrogen) atoms. The third-order valence-corrected chi connectivity index (χ3v) is 3.29. The molecule has 0 radical (unpaired) electrons. The van der Waals surface area contributed by atoms with Gasteiger partial charge in [-0.2, -0.15) is 5.10 Å². The Bertz CT molecular complexity index is 384. The van der Waals surface area contributed by atoms with E-state index in [-0.39, 0.29) is 12.3 Å². The van der Waals surface area contributed by atoms with E-state index in [0.29, 0.717) is 19.8 Å². The lowest BCUT2D eigenvalue weighted by molar-refractivity contribution is -0.133. The highest BCUT2D eigenvalue weighted by Gasteiger charge is 2.17. The number of hydrogen-bond donors (Lipinski definition) is 1. The quantitative estimate of drug-likeness (QED) is 0.734. The van der Waals surface area contributed by atoms with Gasteiger partial charge in [0.2, 0.25) is 0 Å². The van der Waals surface area contributed by atoms with Crippen molar-refractivity contribution in [1.29, 1.82) is 0 Å². The molecule has 1 unspecified atom stereocenters. The largest absolute Gasteiger partial charge is 0.352 e. The van der Waals surface area contributed by atoms with Crippen molar-refractivity contribution in [3.8, 4) is 0 Å². The van der Waals surface area contributed by atoms with Gasteiger partial charge in [-0.05, 0) is 34.6 Å². The maximum Gasteiger partial charge on any atom is 0.169 e. The van der Waals surface area contributed by atoms with Crippen molar-refractivity contribution >= 4 is 0 Å². The Hall–Kier alpha value is -0.910. The number of aromatic nitrogens is 2. The van der Waals surface area contributed by atoms with Crippen LogP contribution >= 0.6 is 0 Å². The monoisotopic (exact) mass is 269 g/mol. The summed E-state index contributed by atoms with van der Waals surface area (Å²) in [6, 6.07) is 0.233. The smallest absolute Gasteiger partial charge is 0.169 e. The van der Waals surface area contributed by atoms with E-state index in [0.717, 1.165) is 5.69 Å². The molecular formula is C14H27N3O2. The summed E-state index contributed by atoms with van der Waals surface area (Å²) in [5.41, 5.74) is 3.53. The minimum Gasteiger partial charge on any atom is -0.352 e. The molecular weight excluding hydrogens is 242 g/mol. The van der Waals surface area contributed by atoms with E-state index in [1.54, 1.807) is 0 Å². The number of hydrogen-bond acceptors (Lipinski definition) is 4. The normalized spacial score (nSPS) is 13.2. The van der Waals surface area contributed by atoms with E-state index >= 15 is 0 Å². The first-order valence-electron chi connectivity index (χ1n) is 6.97. The number of rotatable bonds is 8. The van der Waals surface area contributed by atoms with E-state index in [4.69, 9.17) is 9.47 Å². The summed E-state index contributed by atoms with van der Waals surface area (Å²) < 4.78 is 13.0. The van der Waals surface area contributed by atoms with Gasteiger partial charge < -0.3 is 14.8 Å². The molecule has 5 heteroatoms. The number of ether oxygens (including phenoxy) is 2. The van der Waals surface area contributed by atoms with Crippen LogP contribution in [0.5, 0.6) is 0 Å². The predicted octanol–water partition coefficient (Wildman–Crippen LogP) is 2.09. The fourth-order valence-corrected chi connectivity index (χ4v) is 2.33. The zero-order valence-corrected chi connectivity index (χ0v) is 13.0. The SMILES string of the molecule is CCOC(CNC(C)c1c(C)nn(C)c1C)OCC. The van der Waals surface area contributed by atoms with Crippen LogP contribution in [0, 0.1) is 13.8 Å². The Morgan fingerprint density at radius 1 is 1.21 bits per heavy atom. The molecule has 0 aliphatic carbocycles. The van der Waals surface area contributed by atoms with Crippen LogP contribution in [0.15, 0.2) is 0 Å².